The van der Waals surface area contributed by atoms with E-state index in [2.05, 4.69) is 10.3 Å². The Morgan fingerprint density at radius 1 is 1.08 bits per heavy atom. The van der Waals surface area contributed by atoms with Crippen molar-refractivity contribution in [1.82, 2.24) is 15.0 Å². The third kappa shape index (κ3) is 3.14. The lowest BCUT2D eigenvalue weighted by Crippen LogP contribution is -2.06. The van der Waals surface area contributed by atoms with E-state index in [1.54, 1.807) is 0 Å². The predicted molar refractivity (Wildman–Crippen MR) is 86.1 cm³/mol. The first kappa shape index (κ1) is 16.5. The van der Waals surface area contributed by atoms with Gasteiger partial charge in [0, 0.05) is 5.56 Å². The Bertz CT molecular complexity index is 854. The van der Waals surface area contributed by atoms with Gasteiger partial charge in [0.1, 0.15) is 5.69 Å². The van der Waals surface area contributed by atoms with Gasteiger partial charge in [0.25, 0.3) is 0 Å². The van der Waals surface area contributed by atoms with Gasteiger partial charge in [-0.05, 0) is 37.3 Å². The molecule has 7 heteroatoms. The van der Waals surface area contributed by atoms with Crippen LogP contribution < -0.4 is 0 Å². The predicted octanol–water partition coefficient (Wildman–Crippen LogP) is 5.00. The Kier molecular flexibility index (Phi) is 4.32. The van der Waals surface area contributed by atoms with Crippen molar-refractivity contribution in [2.24, 2.45) is 0 Å². The maximum atomic E-state index is 12.7. The molecule has 0 saturated heterocycles. The first-order valence-electron chi connectivity index (χ1n) is 7.15. The van der Waals surface area contributed by atoms with Crippen LogP contribution in [-0.4, -0.2) is 15.0 Å². The molecule has 0 aliphatic carbocycles. The maximum Gasteiger partial charge on any atom is 0.416 e. The van der Waals surface area contributed by atoms with E-state index in [1.165, 1.54) is 16.8 Å². The molecule has 2 aromatic carbocycles. The third-order valence-corrected chi connectivity index (χ3v) is 3.85. The number of hydrogen-bond donors (Lipinski definition) is 0. The number of rotatable bonds is 3. The van der Waals surface area contributed by atoms with E-state index in [1.807, 2.05) is 31.2 Å². The fraction of sp³-hybridized carbons (Fsp3) is 0.176. The molecule has 0 saturated carbocycles. The molecular weight excluding hydrogens is 339 g/mol. The molecule has 0 aliphatic rings. The summed E-state index contributed by atoms with van der Waals surface area (Å²) in [4.78, 5) is 0. The molecule has 3 nitrogen and oxygen atoms in total. The minimum atomic E-state index is -4.37. The maximum absolute atomic E-state index is 12.7. The number of aryl methyl sites for hydroxylation is 1. The second-order valence-electron chi connectivity index (χ2n) is 5.34. The second-order valence-corrected chi connectivity index (χ2v) is 5.61. The molecule has 0 spiro atoms. The quantitative estimate of drug-likeness (QED) is 0.622. The lowest BCUT2D eigenvalue weighted by molar-refractivity contribution is -0.137. The van der Waals surface area contributed by atoms with Crippen molar-refractivity contribution in [3.63, 3.8) is 0 Å². The molecule has 1 heterocycles. The lowest BCUT2D eigenvalue weighted by atomic mass is 10.1. The van der Waals surface area contributed by atoms with Gasteiger partial charge in [0.15, 0.2) is 0 Å². The van der Waals surface area contributed by atoms with E-state index in [0.29, 0.717) is 17.1 Å². The topological polar surface area (TPSA) is 30.7 Å². The Balaban J connectivity index is 2.11. The van der Waals surface area contributed by atoms with Crippen LogP contribution in [0.2, 0.25) is 0 Å². The first-order chi connectivity index (χ1) is 11.4. The Hall–Kier alpha value is -2.34. The highest BCUT2D eigenvalue weighted by Gasteiger charge is 2.30. The number of benzene rings is 2. The summed E-state index contributed by atoms with van der Waals surface area (Å²) in [6.07, 6.45) is -4.37. The minimum Gasteiger partial charge on any atom is -0.213 e. The van der Waals surface area contributed by atoms with Crippen molar-refractivity contribution in [3.05, 3.63) is 65.4 Å². The van der Waals surface area contributed by atoms with Crippen molar-refractivity contribution >= 4 is 11.6 Å². The normalized spacial score (nSPS) is 11.7. The summed E-state index contributed by atoms with van der Waals surface area (Å²) in [5.74, 6) is 0.157. The van der Waals surface area contributed by atoms with Gasteiger partial charge < -0.3 is 0 Å². The molecule has 0 fully saturated rings. The highest BCUT2D eigenvalue weighted by Crippen LogP contribution is 2.31. The van der Waals surface area contributed by atoms with Crippen LogP contribution in [0, 0.1) is 6.92 Å². The van der Waals surface area contributed by atoms with Crippen molar-refractivity contribution in [2.45, 2.75) is 19.0 Å². The van der Waals surface area contributed by atoms with Crippen molar-refractivity contribution < 1.29 is 13.2 Å². The van der Waals surface area contributed by atoms with Crippen molar-refractivity contribution in [2.75, 3.05) is 0 Å². The van der Waals surface area contributed by atoms with E-state index in [4.69, 9.17) is 11.6 Å². The zero-order valence-corrected chi connectivity index (χ0v) is 13.4. The largest absolute Gasteiger partial charge is 0.416 e. The molecule has 0 atom stereocenters. The number of nitrogens with zero attached hydrogens (tertiary/aromatic N) is 3. The molecule has 0 unspecified atom stereocenters. The van der Waals surface area contributed by atoms with Crippen LogP contribution in [0.3, 0.4) is 0 Å². The van der Waals surface area contributed by atoms with Crippen LogP contribution >= 0.6 is 11.6 Å². The number of alkyl halides is 4. The lowest BCUT2D eigenvalue weighted by Gasteiger charge is -2.10. The molecule has 3 aromatic rings. The first-order valence-corrected chi connectivity index (χ1v) is 7.69. The Labute approximate surface area is 141 Å². The summed E-state index contributed by atoms with van der Waals surface area (Å²) < 4.78 is 39.7. The van der Waals surface area contributed by atoms with Crippen LogP contribution in [0.25, 0.3) is 16.9 Å². The zero-order chi connectivity index (χ0) is 17.3. The number of aromatic nitrogens is 3. The average Bonchev–Trinajstić information content (AvgIpc) is 2.98. The standard InChI is InChI=1S/C17H13ClF3N3/c1-11-3-2-4-12(9-11)16-15(10-18)22-23-24(16)14-7-5-13(6-8-14)17(19,20)21/h2-9H,10H2,1H3. The third-order valence-electron chi connectivity index (χ3n) is 3.60. The molecule has 124 valence electrons. The van der Waals surface area contributed by atoms with Crippen molar-refractivity contribution in [3.8, 4) is 16.9 Å². The van der Waals surface area contributed by atoms with Gasteiger partial charge in [0.05, 0.1) is 22.8 Å². The second kappa shape index (κ2) is 6.28. The van der Waals surface area contributed by atoms with Gasteiger partial charge in [-0.3, -0.25) is 0 Å². The van der Waals surface area contributed by atoms with Gasteiger partial charge >= 0.3 is 6.18 Å². The molecule has 0 radical (unpaired) electrons. The summed E-state index contributed by atoms with van der Waals surface area (Å²) >= 11 is 5.94. The van der Waals surface area contributed by atoms with E-state index < -0.39 is 11.7 Å². The molecule has 0 amide bonds. The fourth-order valence-corrected chi connectivity index (χ4v) is 2.64. The summed E-state index contributed by atoms with van der Waals surface area (Å²) in [6.45, 7) is 1.95. The van der Waals surface area contributed by atoms with E-state index in [9.17, 15) is 13.2 Å². The fourth-order valence-electron chi connectivity index (χ4n) is 2.46. The highest BCUT2D eigenvalue weighted by molar-refractivity contribution is 6.17. The van der Waals surface area contributed by atoms with Crippen LogP contribution in [0.1, 0.15) is 16.8 Å². The van der Waals surface area contributed by atoms with E-state index in [0.717, 1.165) is 23.3 Å². The molecule has 0 N–H and O–H groups in total. The van der Waals surface area contributed by atoms with Gasteiger partial charge in [-0.1, -0.05) is 29.0 Å². The summed E-state index contributed by atoms with van der Waals surface area (Å²) in [6, 6.07) is 12.5. The number of halogens is 4. The summed E-state index contributed by atoms with van der Waals surface area (Å²) in [7, 11) is 0. The monoisotopic (exact) mass is 351 g/mol. The van der Waals surface area contributed by atoms with Gasteiger partial charge in [0.2, 0.25) is 0 Å². The Morgan fingerprint density at radius 2 is 1.79 bits per heavy atom. The number of hydrogen-bond acceptors (Lipinski definition) is 2. The van der Waals surface area contributed by atoms with Crippen molar-refractivity contribution in [1.29, 1.82) is 0 Å². The molecule has 0 aliphatic heterocycles. The smallest absolute Gasteiger partial charge is 0.213 e. The van der Waals surface area contributed by atoms with Gasteiger partial charge in [-0.15, -0.1) is 16.7 Å². The molecular formula is C17H13ClF3N3. The Morgan fingerprint density at radius 3 is 2.38 bits per heavy atom. The van der Waals surface area contributed by atoms with Gasteiger partial charge in [-0.25, -0.2) is 4.68 Å². The molecule has 3 rings (SSSR count). The van der Waals surface area contributed by atoms with Crippen LogP contribution in [0.5, 0.6) is 0 Å². The van der Waals surface area contributed by atoms with Gasteiger partial charge in [-0.2, -0.15) is 13.2 Å². The van der Waals surface area contributed by atoms with E-state index in [-0.39, 0.29) is 5.88 Å². The molecule has 24 heavy (non-hydrogen) atoms. The van der Waals surface area contributed by atoms with Crippen LogP contribution in [-0.2, 0) is 12.1 Å². The highest BCUT2D eigenvalue weighted by atomic mass is 35.5. The average molecular weight is 352 g/mol. The summed E-state index contributed by atoms with van der Waals surface area (Å²) in [5, 5.41) is 8.10. The molecule has 0 bridgehead atoms. The van der Waals surface area contributed by atoms with Crippen LogP contribution in [0.4, 0.5) is 13.2 Å². The molecule has 1 aromatic heterocycles. The zero-order valence-electron chi connectivity index (χ0n) is 12.7. The summed E-state index contributed by atoms with van der Waals surface area (Å²) in [5.41, 5.74) is 2.93. The minimum absolute atomic E-state index is 0.157. The van der Waals surface area contributed by atoms with E-state index >= 15 is 0 Å². The SMILES string of the molecule is Cc1cccc(-c2c(CCl)nnn2-c2ccc(C(F)(F)F)cc2)c1. The van der Waals surface area contributed by atoms with Crippen LogP contribution in [0.15, 0.2) is 48.5 Å².